The van der Waals surface area contributed by atoms with E-state index < -0.39 is 11.6 Å². The third kappa shape index (κ3) is 15.0. The van der Waals surface area contributed by atoms with Crippen LogP contribution in [-0.4, -0.2) is 62.3 Å². The Bertz CT molecular complexity index is 890. The van der Waals surface area contributed by atoms with Gasteiger partial charge in [0.2, 0.25) is 5.67 Å². The SMILES string of the molecule is CC(C)(F)C(=O)OF.CF.CNC(=O)c1ccccc1.N[C@@H](CCN1CCCC1)Cc1ccccc1F. The second kappa shape index (κ2) is 19.2. The van der Waals surface area contributed by atoms with Gasteiger partial charge < -0.3 is 16.0 Å². The van der Waals surface area contributed by atoms with Gasteiger partial charge in [-0.15, -0.1) is 0 Å². The first-order valence-corrected chi connectivity index (χ1v) is 12.0. The molecule has 3 N–H and O–H groups in total. The zero-order valence-corrected chi connectivity index (χ0v) is 22.0. The molecule has 0 spiro atoms. The fraction of sp³-hybridized carbons (Fsp3) is 0.481. The summed E-state index contributed by atoms with van der Waals surface area (Å²) in [6.45, 7) is 5.28. The van der Waals surface area contributed by atoms with Crippen molar-refractivity contribution in [2.24, 2.45) is 5.73 Å². The van der Waals surface area contributed by atoms with Gasteiger partial charge in [0.05, 0.1) is 7.18 Å². The van der Waals surface area contributed by atoms with Gasteiger partial charge in [-0.2, -0.15) is 0 Å². The predicted octanol–water partition coefficient (Wildman–Crippen LogP) is 4.98. The molecule has 1 atom stereocenters. The van der Waals surface area contributed by atoms with Crippen molar-refractivity contribution in [3.8, 4) is 0 Å². The Morgan fingerprint density at radius 3 is 2.05 bits per heavy atom. The quantitative estimate of drug-likeness (QED) is 0.495. The van der Waals surface area contributed by atoms with Crippen molar-refractivity contribution in [2.45, 2.75) is 51.2 Å². The number of carbonyl (C=O) groups is 2. The van der Waals surface area contributed by atoms with Crippen LogP contribution in [0.25, 0.3) is 0 Å². The molecule has 1 saturated heterocycles. The minimum atomic E-state index is -2.23. The van der Waals surface area contributed by atoms with E-state index in [0.717, 1.165) is 32.4 Å². The van der Waals surface area contributed by atoms with Crippen molar-refractivity contribution >= 4 is 11.9 Å². The number of benzene rings is 2. The topological polar surface area (TPSA) is 84.7 Å². The van der Waals surface area contributed by atoms with Gasteiger partial charge in [0, 0.05) is 23.2 Å². The molecule has 1 aliphatic heterocycles. The summed E-state index contributed by atoms with van der Waals surface area (Å²) in [6, 6.07) is 16.1. The molecule has 0 saturated carbocycles. The number of hydrogen-bond donors (Lipinski definition) is 2. The highest BCUT2D eigenvalue weighted by Gasteiger charge is 2.29. The summed E-state index contributed by atoms with van der Waals surface area (Å²) in [7, 11) is 2.12. The lowest BCUT2D eigenvalue weighted by Gasteiger charge is -2.18. The average Bonchev–Trinajstić information content (AvgIpc) is 3.43. The van der Waals surface area contributed by atoms with E-state index in [2.05, 4.69) is 15.2 Å². The van der Waals surface area contributed by atoms with E-state index in [1.54, 1.807) is 25.2 Å². The molecular formula is C27H39F4N3O3. The van der Waals surface area contributed by atoms with Crippen molar-refractivity contribution in [2.75, 3.05) is 33.9 Å². The van der Waals surface area contributed by atoms with Crippen molar-refractivity contribution in [3.05, 3.63) is 71.5 Å². The Kier molecular flexibility index (Phi) is 17.6. The zero-order valence-electron chi connectivity index (χ0n) is 22.0. The molecule has 1 amide bonds. The molecule has 208 valence electrons. The molecule has 0 bridgehead atoms. The summed E-state index contributed by atoms with van der Waals surface area (Å²) < 4.78 is 45.8. The summed E-state index contributed by atoms with van der Waals surface area (Å²) in [4.78, 5) is 25.8. The van der Waals surface area contributed by atoms with Crippen molar-refractivity contribution in [1.82, 2.24) is 10.2 Å². The van der Waals surface area contributed by atoms with Crippen LogP contribution >= 0.6 is 0 Å². The van der Waals surface area contributed by atoms with Crippen LogP contribution in [0.15, 0.2) is 54.6 Å². The minimum absolute atomic E-state index is 0.0411. The molecule has 1 heterocycles. The van der Waals surface area contributed by atoms with Crippen molar-refractivity contribution in [1.29, 1.82) is 0 Å². The van der Waals surface area contributed by atoms with Crippen LogP contribution in [0.4, 0.5) is 17.7 Å². The molecule has 2 aromatic carbocycles. The molecule has 0 radical (unpaired) electrons. The molecule has 0 aromatic heterocycles. The van der Waals surface area contributed by atoms with Gasteiger partial charge in [-0.05, 0) is 82.9 Å². The zero-order chi connectivity index (χ0) is 28.3. The smallest absolute Gasteiger partial charge is 0.355 e. The number of alkyl halides is 2. The van der Waals surface area contributed by atoms with Crippen LogP contribution in [0.2, 0.25) is 0 Å². The van der Waals surface area contributed by atoms with Crippen molar-refractivity contribution < 1.29 is 32.2 Å². The Labute approximate surface area is 217 Å². The summed E-state index contributed by atoms with van der Waals surface area (Å²) in [6.07, 6.45) is 4.21. The number of hydrogen-bond acceptors (Lipinski definition) is 5. The van der Waals surface area contributed by atoms with Gasteiger partial charge in [-0.25, -0.2) is 13.6 Å². The number of nitrogens with one attached hydrogen (secondary N) is 1. The molecule has 10 heteroatoms. The first-order chi connectivity index (χ1) is 17.6. The number of carbonyl (C=O) groups excluding carboxylic acids is 2. The van der Waals surface area contributed by atoms with Crippen LogP contribution in [0, 0.1) is 5.82 Å². The number of halogens is 4. The van der Waals surface area contributed by atoms with Gasteiger partial charge in [0.25, 0.3) is 5.91 Å². The minimum Gasteiger partial charge on any atom is -0.355 e. The van der Waals surface area contributed by atoms with E-state index in [4.69, 9.17) is 5.73 Å². The van der Waals surface area contributed by atoms with Gasteiger partial charge in [0.15, 0.2) is 0 Å². The first-order valence-electron chi connectivity index (χ1n) is 12.0. The summed E-state index contributed by atoms with van der Waals surface area (Å²) in [5, 5.41) is 2.54. The standard InChI is InChI=1S/C14H21FN2.C8H9NO.C4H6F2O2.CH3F/c15-14-6-2-1-5-12(14)11-13(16)7-10-17-8-3-4-9-17;1-9-8(10)7-5-3-2-4-6-7;1-4(2,5)3(7)8-6;1-2/h1-2,5-6,13H,3-4,7-11,16H2;2-6H,1H3,(H,9,10);1-2H3;1H3/t13-;;;/m0.../s1. The Morgan fingerprint density at radius 1 is 1.05 bits per heavy atom. The highest BCUT2D eigenvalue weighted by molar-refractivity contribution is 5.93. The molecule has 0 unspecified atom stereocenters. The Morgan fingerprint density at radius 2 is 1.59 bits per heavy atom. The number of nitrogens with two attached hydrogens (primary N) is 1. The van der Waals surface area contributed by atoms with Crippen LogP contribution in [-0.2, 0) is 16.2 Å². The first kappa shape index (κ1) is 34.0. The summed E-state index contributed by atoms with van der Waals surface area (Å²) in [5.74, 6) is -1.68. The number of amides is 1. The Balaban J connectivity index is 0.000000555. The second-order valence-electron chi connectivity index (χ2n) is 8.68. The number of nitrogens with zero attached hydrogens (tertiary/aromatic N) is 1. The lowest BCUT2D eigenvalue weighted by Crippen LogP contribution is -2.30. The molecule has 1 fully saturated rings. The largest absolute Gasteiger partial charge is 0.385 e. The molecule has 6 nitrogen and oxygen atoms in total. The van der Waals surface area contributed by atoms with E-state index >= 15 is 0 Å². The molecular weight excluding hydrogens is 490 g/mol. The van der Waals surface area contributed by atoms with E-state index in [9.17, 15) is 27.3 Å². The third-order valence-corrected chi connectivity index (χ3v) is 5.27. The maximum atomic E-state index is 13.4. The second-order valence-corrected chi connectivity index (χ2v) is 8.68. The molecule has 0 aliphatic carbocycles. The maximum absolute atomic E-state index is 13.4. The van der Waals surface area contributed by atoms with Gasteiger partial charge in [-0.1, -0.05) is 36.4 Å². The monoisotopic (exact) mass is 529 g/mol. The van der Waals surface area contributed by atoms with Crippen molar-refractivity contribution in [3.63, 3.8) is 0 Å². The van der Waals surface area contributed by atoms with E-state index in [1.807, 2.05) is 30.3 Å². The molecule has 1 aliphatic rings. The van der Waals surface area contributed by atoms with E-state index in [0.29, 0.717) is 19.2 Å². The van der Waals surface area contributed by atoms with Gasteiger partial charge in [0.1, 0.15) is 5.82 Å². The maximum Gasteiger partial charge on any atom is 0.385 e. The Hall–Kier alpha value is -2.98. The highest BCUT2D eigenvalue weighted by Crippen LogP contribution is 2.12. The van der Waals surface area contributed by atoms with Crippen LogP contribution < -0.4 is 11.1 Å². The molecule has 2 aromatic rings. The highest BCUT2D eigenvalue weighted by atomic mass is 19.3. The lowest BCUT2D eigenvalue weighted by molar-refractivity contribution is -0.196. The fourth-order valence-corrected chi connectivity index (χ4v) is 3.23. The van der Waals surface area contributed by atoms with Crippen LogP contribution in [0.5, 0.6) is 0 Å². The predicted molar refractivity (Wildman–Crippen MR) is 138 cm³/mol. The molecule has 37 heavy (non-hydrogen) atoms. The number of rotatable bonds is 7. The molecule has 3 rings (SSSR count). The normalized spacial score (nSPS) is 13.4. The van der Waals surface area contributed by atoms with Gasteiger partial charge >= 0.3 is 5.97 Å². The van der Waals surface area contributed by atoms with Gasteiger partial charge in [-0.3, -0.25) is 14.1 Å². The summed E-state index contributed by atoms with van der Waals surface area (Å²) >= 11 is 0. The van der Waals surface area contributed by atoms with E-state index in [-0.39, 0.29) is 17.8 Å². The third-order valence-electron chi connectivity index (χ3n) is 5.27. The van der Waals surface area contributed by atoms with Crippen LogP contribution in [0.1, 0.15) is 49.0 Å². The van der Waals surface area contributed by atoms with Crippen LogP contribution in [0.3, 0.4) is 0 Å². The summed E-state index contributed by atoms with van der Waals surface area (Å²) in [5.41, 5.74) is 5.27. The lowest BCUT2D eigenvalue weighted by atomic mass is 10.0. The average molecular weight is 530 g/mol. The van der Waals surface area contributed by atoms with E-state index in [1.165, 1.54) is 32.0 Å². The fourth-order valence-electron chi connectivity index (χ4n) is 3.23. The number of likely N-dealkylation sites (tertiary alicyclic amines) is 1.